The van der Waals surface area contributed by atoms with E-state index in [1.165, 1.54) is 25.9 Å². The first kappa shape index (κ1) is 12.9. The number of rotatable bonds is 7. The lowest BCUT2D eigenvalue weighted by molar-refractivity contribution is 0.186. The number of hydrogen-bond acceptors (Lipinski definition) is 3. The second kappa shape index (κ2) is 7.20. The molecule has 1 fully saturated rings. The molecule has 0 aromatic carbocycles. The Balaban J connectivity index is 2.24. The Hall–Kier alpha value is -0.120. The summed E-state index contributed by atoms with van der Waals surface area (Å²) in [5, 5.41) is 3.52. The maximum atomic E-state index is 5.48. The van der Waals surface area contributed by atoms with E-state index < -0.39 is 0 Å². The van der Waals surface area contributed by atoms with Gasteiger partial charge >= 0.3 is 0 Å². The van der Waals surface area contributed by atoms with Gasteiger partial charge in [-0.25, -0.2) is 0 Å². The standard InChI is InChI=1S/C12H27N3/c1-11(2)12(10-14-7-5-6-13)15-8-3-4-9-15/h11-12,14H,3-10,13H2,1-2H3. The molecule has 0 spiro atoms. The number of nitrogens with one attached hydrogen (secondary N) is 1. The normalized spacial score (nSPS) is 20.0. The summed E-state index contributed by atoms with van der Waals surface area (Å²) in [5.74, 6) is 0.744. The SMILES string of the molecule is CC(C)C(CNCCCN)N1CCCC1. The van der Waals surface area contributed by atoms with E-state index in [4.69, 9.17) is 5.73 Å². The van der Waals surface area contributed by atoms with Crippen LogP contribution in [0, 0.1) is 5.92 Å². The molecule has 0 aliphatic carbocycles. The molecular weight excluding hydrogens is 186 g/mol. The molecule has 3 nitrogen and oxygen atoms in total. The molecule has 90 valence electrons. The lowest BCUT2D eigenvalue weighted by atomic mass is 10.0. The average molecular weight is 213 g/mol. The first-order valence-electron chi connectivity index (χ1n) is 6.40. The van der Waals surface area contributed by atoms with E-state index >= 15 is 0 Å². The van der Waals surface area contributed by atoms with Gasteiger partial charge in [-0.15, -0.1) is 0 Å². The van der Waals surface area contributed by atoms with E-state index in [1.807, 2.05) is 0 Å². The summed E-state index contributed by atoms with van der Waals surface area (Å²) < 4.78 is 0. The van der Waals surface area contributed by atoms with E-state index in [-0.39, 0.29) is 0 Å². The summed E-state index contributed by atoms with van der Waals surface area (Å²) in [6.07, 6.45) is 3.85. The van der Waals surface area contributed by atoms with Crippen LogP contribution in [-0.4, -0.2) is 43.7 Å². The molecule has 1 saturated heterocycles. The van der Waals surface area contributed by atoms with Crippen LogP contribution in [0.2, 0.25) is 0 Å². The van der Waals surface area contributed by atoms with Crippen molar-refractivity contribution in [3.63, 3.8) is 0 Å². The zero-order valence-electron chi connectivity index (χ0n) is 10.3. The largest absolute Gasteiger partial charge is 0.330 e. The van der Waals surface area contributed by atoms with Crippen molar-refractivity contribution in [2.45, 2.75) is 39.2 Å². The molecule has 1 aliphatic heterocycles. The fourth-order valence-electron chi connectivity index (χ4n) is 2.34. The molecule has 1 aliphatic rings. The summed E-state index contributed by atoms with van der Waals surface area (Å²) in [6.45, 7) is 10.2. The van der Waals surface area contributed by atoms with Gasteiger partial charge in [0.15, 0.2) is 0 Å². The molecule has 0 amide bonds. The number of nitrogens with zero attached hydrogens (tertiary/aromatic N) is 1. The van der Waals surface area contributed by atoms with Crippen LogP contribution in [0.4, 0.5) is 0 Å². The summed E-state index contributed by atoms with van der Waals surface area (Å²) in [5.41, 5.74) is 5.48. The van der Waals surface area contributed by atoms with Crippen LogP contribution < -0.4 is 11.1 Å². The highest BCUT2D eigenvalue weighted by molar-refractivity contribution is 4.80. The van der Waals surface area contributed by atoms with Crippen molar-refractivity contribution in [3.8, 4) is 0 Å². The second-order valence-electron chi connectivity index (χ2n) is 4.90. The fourth-order valence-corrected chi connectivity index (χ4v) is 2.34. The zero-order chi connectivity index (χ0) is 11.1. The Kier molecular flexibility index (Phi) is 6.22. The van der Waals surface area contributed by atoms with Gasteiger partial charge in [0.2, 0.25) is 0 Å². The van der Waals surface area contributed by atoms with Gasteiger partial charge in [0, 0.05) is 12.6 Å². The molecule has 1 atom stereocenters. The molecule has 1 heterocycles. The lowest BCUT2D eigenvalue weighted by Gasteiger charge is -2.31. The van der Waals surface area contributed by atoms with Crippen molar-refractivity contribution in [1.82, 2.24) is 10.2 Å². The van der Waals surface area contributed by atoms with Crippen molar-refractivity contribution in [2.24, 2.45) is 11.7 Å². The maximum Gasteiger partial charge on any atom is 0.0243 e. The number of hydrogen-bond donors (Lipinski definition) is 2. The molecule has 0 aromatic heterocycles. The molecule has 3 heteroatoms. The Morgan fingerprint density at radius 2 is 1.93 bits per heavy atom. The van der Waals surface area contributed by atoms with E-state index in [0.717, 1.165) is 32.0 Å². The zero-order valence-corrected chi connectivity index (χ0v) is 10.3. The predicted octanol–water partition coefficient (Wildman–Crippen LogP) is 1.05. The van der Waals surface area contributed by atoms with Crippen LogP contribution in [0.1, 0.15) is 33.1 Å². The molecule has 3 N–H and O–H groups in total. The number of likely N-dealkylation sites (tertiary alicyclic amines) is 1. The number of nitrogens with two attached hydrogens (primary N) is 1. The lowest BCUT2D eigenvalue weighted by Crippen LogP contribution is -2.44. The summed E-state index contributed by atoms with van der Waals surface area (Å²) in [7, 11) is 0. The van der Waals surface area contributed by atoms with E-state index in [9.17, 15) is 0 Å². The average Bonchev–Trinajstić information content (AvgIpc) is 2.70. The smallest absolute Gasteiger partial charge is 0.0243 e. The summed E-state index contributed by atoms with van der Waals surface area (Å²) >= 11 is 0. The second-order valence-corrected chi connectivity index (χ2v) is 4.90. The minimum atomic E-state index is 0.713. The van der Waals surface area contributed by atoms with Gasteiger partial charge in [-0.3, -0.25) is 4.90 Å². The molecular formula is C12H27N3. The van der Waals surface area contributed by atoms with Gasteiger partial charge in [0.25, 0.3) is 0 Å². The highest BCUT2D eigenvalue weighted by atomic mass is 15.2. The first-order chi connectivity index (χ1) is 7.25. The molecule has 15 heavy (non-hydrogen) atoms. The van der Waals surface area contributed by atoms with E-state index in [0.29, 0.717) is 6.04 Å². The van der Waals surface area contributed by atoms with Crippen molar-refractivity contribution in [1.29, 1.82) is 0 Å². The maximum absolute atomic E-state index is 5.48. The van der Waals surface area contributed by atoms with Crippen molar-refractivity contribution in [3.05, 3.63) is 0 Å². The van der Waals surface area contributed by atoms with Crippen LogP contribution in [0.5, 0.6) is 0 Å². The van der Waals surface area contributed by atoms with Crippen LogP contribution in [0.25, 0.3) is 0 Å². The third-order valence-corrected chi connectivity index (χ3v) is 3.29. The highest BCUT2D eigenvalue weighted by Crippen LogP contribution is 2.16. The van der Waals surface area contributed by atoms with Crippen LogP contribution in [-0.2, 0) is 0 Å². The monoisotopic (exact) mass is 213 g/mol. The predicted molar refractivity (Wildman–Crippen MR) is 66.0 cm³/mol. The van der Waals surface area contributed by atoms with Crippen molar-refractivity contribution < 1.29 is 0 Å². The van der Waals surface area contributed by atoms with Crippen LogP contribution >= 0.6 is 0 Å². The van der Waals surface area contributed by atoms with Gasteiger partial charge in [0.1, 0.15) is 0 Å². The van der Waals surface area contributed by atoms with Crippen LogP contribution in [0.3, 0.4) is 0 Å². The summed E-state index contributed by atoms with van der Waals surface area (Å²) in [4.78, 5) is 2.64. The molecule has 0 saturated carbocycles. The topological polar surface area (TPSA) is 41.3 Å². The highest BCUT2D eigenvalue weighted by Gasteiger charge is 2.23. The van der Waals surface area contributed by atoms with Crippen molar-refractivity contribution in [2.75, 3.05) is 32.7 Å². The minimum Gasteiger partial charge on any atom is -0.330 e. The third kappa shape index (κ3) is 4.49. The third-order valence-electron chi connectivity index (χ3n) is 3.29. The minimum absolute atomic E-state index is 0.713. The molecule has 0 bridgehead atoms. The van der Waals surface area contributed by atoms with Crippen molar-refractivity contribution >= 4 is 0 Å². The molecule has 0 aromatic rings. The molecule has 0 radical (unpaired) electrons. The quantitative estimate of drug-likeness (QED) is 0.621. The van der Waals surface area contributed by atoms with Gasteiger partial charge in [-0.2, -0.15) is 0 Å². The fraction of sp³-hybridized carbons (Fsp3) is 1.00. The van der Waals surface area contributed by atoms with E-state index in [2.05, 4.69) is 24.1 Å². The van der Waals surface area contributed by atoms with Gasteiger partial charge < -0.3 is 11.1 Å². The summed E-state index contributed by atoms with van der Waals surface area (Å²) in [6, 6.07) is 0.713. The van der Waals surface area contributed by atoms with Gasteiger partial charge in [-0.1, -0.05) is 13.8 Å². The molecule has 1 unspecified atom stereocenters. The first-order valence-corrected chi connectivity index (χ1v) is 6.40. The Morgan fingerprint density at radius 1 is 1.27 bits per heavy atom. The Morgan fingerprint density at radius 3 is 2.47 bits per heavy atom. The van der Waals surface area contributed by atoms with Gasteiger partial charge in [0.05, 0.1) is 0 Å². The Labute approximate surface area is 94.4 Å². The van der Waals surface area contributed by atoms with Gasteiger partial charge in [-0.05, 0) is 51.4 Å². The van der Waals surface area contributed by atoms with Crippen LogP contribution in [0.15, 0.2) is 0 Å². The Bertz CT molecular complexity index is 153. The molecule has 1 rings (SSSR count). The van der Waals surface area contributed by atoms with E-state index in [1.54, 1.807) is 0 Å².